The van der Waals surface area contributed by atoms with Crippen LogP contribution < -0.4 is 4.90 Å². The van der Waals surface area contributed by atoms with E-state index < -0.39 is 5.41 Å². The highest BCUT2D eigenvalue weighted by molar-refractivity contribution is 6.07. The lowest BCUT2D eigenvalue weighted by Crippen LogP contribution is -2.28. The van der Waals surface area contributed by atoms with Crippen molar-refractivity contribution in [2.24, 2.45) is 0 Å². The topological polar surface area (TPSA) is 16.4 Å². The Kier molecular flexibility index (Phi) is 8.76. The molecule has 2 nitrogen and oxygen atoms in total. The molecule has 0 amide bonds. The number of nitrogens with zero attached hydrogens (tertiary/aromatic N) is 1. The number of hydrogen-bond acceptors (Lipinski definition) is 2. The van der Waals surface area contributed by atoms with Crippen molar-refractivity contribution < 1.29 is 4.42 Å². The number of fused-ring (bicyclic) bond motifs is 6. The second kappa shape index (κ2) is 15.1. The predicted molar refractivity (Wildman–Crippen MR) is 262 cm³/mol. The molecule has 0 N–H and O–H groups in total. The van der Waals surface area contributed by atoms with Crippen molar-refractivity contribution in [1.82, 2.24) is 0 Å². The number of furan rings is 1. The molecule has 12 rings (SSSR count). The van der Waals surface area contributed by atoms with E-state index in [-0.39, 0.29) is 0 Å². The molecular formula is C61H41NO. The molecule has 63 heavy (non-hydrogen) atoms. The number of hydrogen-bond donors (Lipinski definition) is 0. The van der Waals surface area contributed by atoms with E-state index in [4.69, 9.17) is 4.42 Å². The Balaban J connectivity index is 0.890. The van der Waals surface area contributed by atoms with E-state index in [0.717, 1.165) is 61.3 Å². The fourth-order valence-electron chi connectivity index (χ4n) is 10.0. The summed E-state index contributed by atoms with van der Waals surface area (Å²) in [5.41, 5.74) is 19.3. The van der Waals surface area contributed by atoms with E-state index in [2.05, 4.69) is 254 Å². The molecule has 1 heterocycles. The molecule has 296 valence electrons. The van der Waals surface area contributed by atoms with Crippen LogP contribution in [0.1, 0.15) is 22.3 Å². The van der Waals surface area contributed by atoms with Crippen LogP contribution in [0.25, 0.3) is 66.4 Å². The molecule has 0 saturated carbocycles. The maximum absolute atomic E-state index is 6.71. The maximum atomic E-state index is 6.71. The van der Waals surface area contributed by atoms with Crippen molar-refractivity contribution in [1.29, 1.82) is 0 Å². The third-order valence-electron chi connectivity index (χ3n) is 13.0. The van der Waals surface area contributed by atoms with Gasteiger partial charge in [-0.05, 0) is 133 Å². The van der Waals surface area contributed by atoms with Gasteiger partial charge in [0, 0.05) is 27.8 Å². The number of anilines is 3. The van der Waals surface area contributed by atoms with Crippen molar-refractivity contribution in [3.05, 3.63) is 271 Å². The summed E-state index contributed by atoms with van der Waals surface area (Å²) in [7, 11) is 0. The molecule has 11 aromatic rings. The van der Waals surface area contributed by atoms with Gasteiger partial charge in [0.1, 0.15) is 11.2 Å². The smallest absolute Gasteiger partial charge is 0.136 e. The minimum Gasteiger partial charge on any atom is -0.456 e. The molecule has 2 heteroatoms. The Labute approximate surface area is 367 Å². The van der Waals surface area contributed by atoms with Crippen LogP contribution in [0.3, 0.4) is 0 Å². The van der Waals surface area contributed by atoms with Crippen LogP contribution in [0.2, 0.25) is 0 Å². The quantitative estimate of drug-likeness (QED) is 0.152. The molecule has 0 bridgehead atoms. The van der Waals surface area contributed by atoms with Crippen LogP contribution in [0.5, 0.6) is 0 Å². The van der Waals surface area contributed by atoms with E-state index in [0.29, 0.717) is 0 Å². The number of rotatable bonds is 8. The summed E-state index contributed by atoms with van der Waals surface area (Å²) < 4.78 is 6.71. The number of benzene rings is 10. The summed E-state index contributed by atoms with van der Waals surface area (Å²) in [6.07, 6.45) is 0. The van der Waals surface area contributed by atoms with Crippen LogP contribution in [-0.2, 0) is 5.41 Å². The standard InChI is InChI=1S/C61H41NO/c1-5-15-42(16-6-1)43-25-32-51(33-26-43)62(50-21-11-4-12-22-50)52-34-27-44(28-35-52)46-30-37-55-56-38-31-47(41-60(56)63-59(55)40-46)45-29-36-54-53-23-13-14-24-57(53)61(58(54)39-45,48-17-7-2-8-18-48)49-19-9-3-10-20-49/h1-41H. The maximum Gasteiger partial charge on any atom is 0.136 e. The SMILES string of the molecule is c1ccc(-c2ccc(N(c3ccccc3)c3ccc(-c4ccc5c(c4)oc4cc(-c6ccc7c(c6)C(c6ccccc6)(c6ccccc6)c6ccccc6-7)ccc45)cc3)cc2)cc1. The zero-order valence-corrected chi connectivity index (χ0v) is 34.5. The molecule has 0 atom stereocenters. The molecule has 1 aromatic heterocycles. The average Bonchev–Trinajstić information content (AvgIpc) is 3.88. The van der Waals surface area contributed by atoms with Crippen LogP contribution in [0.15, 0.2) is 253 Å². The Bertz CT molecular complexity index is 3370. The molecule has 0 aliphatic heterocycles. The zero-order valence-electron chi connectivity index (χ0n) is 34.5. The third kappa shape index (κ3) is 6.10. The van der Waals surface area contributed by atoms with Gasteiger partial charge in [0.25, 0.3) is 0 Å². The highest BCUT2D eigenvalue weighted by Crippen LogP contribution is 2.56. The lowest BCUT2D eigenvalue weighted by molar-refractivity contribution is 0.669. The van der Waals surface area contributed by atoms with Gasteiger partial charge in [-0.2, -0.15) is 0 Å². The fourth-order valence-corrected chi connectivity index (χ4v) is 10.0. The summed E-state index contributed by atoms with van der Waals surface area (Å²) in [6.45, 7) is 0. The van der Waals surface area contributed by atoms with Crippen LogP contribution in [-0.4, -0.2) is 0 Å². The molecule has 0 unspecified atom stereocenters. The normalized spacial score (nSPS) is 12.6. The zero-order chi connectivity index (χ0) is 41.7. The Morgan fingerprint density at radius 3 is 1.27 bits per heavy atom. The van der Waals surface area contributed by atoms with Gasteiger partial charge < -0.3 is 9.32 Å². The van der Waals surface area contributed by atoms with Gasteiger partial charge in [0.15, 0.2) is 0 Å². The lowest BCUT2D eigenvalue weighted by Gasteiger charge is -2.34. The second-order valence-electron chi connectivity index (χ2n) is 16.4. The van der Waals surface area contributed by atoms with Crippen molar-refractivity contribution in [2.45, 2.75) is 5.41 Å². The summed E-state index contributed by atoms with van der Waals surface area (Å²) >= 11 is 0. The molecule has 0 spiro atoms. The van der Waals surface area contributed by atoms with E-state index in [1.54, 1.807) is 0 Å². The van der Waals surface area contributed by atoms with E-state index in [1.165, 1.54) is 44.5 Å². The fraction of sp³-hybridized carbons (Fsp3) is 0.0164. The molecule has 0 saturated heterocycles. The van der Waals surface area contributed by atoms with Crippen LogP contribution in [0.4, 0.5) is 17.1 Å². The lowest BCUT2D eigenvalue weighted by atomic mass is 9.67. The summed E-state index contributed by atoms with van der Waals surface area (Å²) in [5.74, 6) is 0. The van der Waals surface area contributed by atoms with E-state index >= 15 is 0 Å². The Morgan fingerprint density at radius 1 is 0.286 bits per heavy atom. The minimum absolute atomic E-state index is 0.448. The van der Waals surface area contributed by atoms with E-state index in [9.17, 15) is 0 Å². The van der Waals surface area contributed by atoms with Crippen molar-refractivity contribution in [3.8, 4) is 44.5 Å². The van der Waals surface area contributed by atoms with Gasteiger partial charge in [0.05, 0.1) is 5.41 Å². The summed E-state index contributed by atoms with van der Waals surface area (Å²) in [4.78, 5) is 2.31. The van der Waals surface area contributed by atoms with Gasteiger partial charge in [-0.3, -0.25) is 0 Å². The molecule has 1 aliphatic rings. The predicted octanol–water partition coefficient (Wildman–Crippen LogP) is 16.4. The van der Waals surface area contributed by atoms with Crippen molar-refractivity contribution >= 4 is 39.0 Å². The first kappa shape index (κ1) is 36.6. The van der Waals surface area contributed by atoms with Crippen LogP contribution >= 0.6 is 0 Å². The Hall–Kier alpha value is -8.20. The van der Waals surface area contributed by atoms with Gasteiger partial charge >= 0.3 is 0 Å². The first-order chi connectivity index (χ1) is 31.2. The highest BCUT2D eigenvalue weighted by Gasteiger charge is 2.46. The largest absolute Gasteiger partial charge is 0.456 e. The number of para-hydroxylation sites is 1. The van der Waals surface area contributed by atoms with Gasteiger partial charge in [-0.1, -0.05) is 182 Å². The molecule has 1 aliphatic carbocycles. The highest BCUT2D eigenvalue weighted by atomic mass is 16.3. The van der Waals surface area contributed by atoms with Gasteiger partial charge in [-0.15, -0.1) is 0 Å². The van der Waals surface area contributed by atoms with E-state index in [1.807, 2.05) is 0 Å². The monoisotopic (exact) mass is 803 g/mol. The van der Waals surface area contributed by atoms with Crippen LogP contribution in [0, 0.1) is 0 Å². The van der Waals surface area contributed by atoms with Crippen molar-refractivity contribution in [3.63, 3.8) is 0 Å². The molecule has 0 radical (unpaired) electrons. The first-order valence-electron chi connectivity index (χ1n) is 21.7. The van der Waals surface area contributed by atoms with Gasteiger partial charge in [-0.25, -0.2) is 0 Å². The third-order valence-corrected chi connectivity index (χ3v) is 13.0. The molecular weight excluding hydrogens is 763 g/mol. The van der Waals surface area contributed by atoms with Gasteiger partial charge in [0.2, 0.25) is 0 Å². The Morgan fingerprint density at radius 2 is 0.683 bits per heavy atom. The molecule has 0 fully saturated rings. The summed E-state index contributed by atoms with van der Waals surface area (Å²) in [5, 5.41) is 2.23. The van der Waals surface area contributed by atoms with Crippen molar-refractivity contribution in [2.75, 3.05) is 4.90 Å². The first-order valence-corrected chi connectivity index (χ1v) is 21.7. The second-order valence-corrected chi connectivity index (χ2v) is 16.4. The average molecular weight is 804 g/mol. The summed E-state index contributed by atoms with van der Waals surface area (Å²) in [6, 6.07) is 89.9. The molecule has 10 aromatic carbocycles. The minimum atomic E-state index is -0.448.